The Balaban J connectivity index is 1.83. The van der Waals surface area contributed by atoms with Gasteiger partial charge in [-0.15, -0.1) is 0 Å². The number of aromatic nitrogens is 1. The number of benzene rings is 2. The maximum absolute atomic E-state index is 12.1. The first-order valence-electron chi connectivity index (χ1n) is 6.51. The number of urea groups is 1. The zero-order chi connectivity index (χ0) is 15.5. The molecule has 0 bridgehead atoms. The van der Waals surface area contributed by atoms with E-state index < -0.39 is 6.03 Å². The maximum atomic E-state index is 12.1. The van der Waals surface area contributed by atoms with Gasteiger partial charge in [-0.1, -0.05) is 47.5 Å². The molecule has 0 spiro atoms. The van der Waals surface area contributed by atoms with Gasteiger partial charge in [0, 0.05) is 11.6 Å². The second-order valence-electron chi connectivity index (χ2n) is 4.56. The molecule has 0 saturated heterocycles. The summed E-state index contributed by atoms with van der Waals surface area (Å²) in [4.78, 5) is 16.4. The molecule has 2 aromatic carbocycles. The number of amides is 2. The molecule has 3 rings (SSSR count). The summed E-state index contributed by atoms with van der Waals surface area (Å²) in [6.07, 6.45) is 1.64. The molecule has 0 aliphatic carbocycles. The average molecular weight is 332 g/mol. The van der Waals surface area contributed by atoms with Crippen LogP contribution in [0.3, 0.4) is 0 Å². The van der Waals surface area contributed by atoms with E-state index in [2.05, 4.69) is 15.6 Å². The highest BCUT2D eigenvalue weighted by atomic mass is 35.5. The molecule has 0 unspecified atom stereocenters. The number of fused-ring (bicyclic) bond motifs is 1. The molecule has 6 heteroatoms. The fraction of sp³-hybridized carbons (Fsp3) is 0. The summed E-state index contributed by atoms with van der Waals surface area (Å²) in [6.45, 7) is 0. The van der Waals surface area contributed by atoms with Crippen LogP contribution in [-0.4, -0.2) is 11.0 Å². The number of hydrogen-bond acceptors (Lipinski definition) is 2. The van der Waals surface area contributed by atoms with Gasteiger partial charge in [-0.2, -0.15) is 0 Å². The van der Waals surface area contributed by atoms with Crippen molar-refractivity contribution in [1.82, 2.24) is 4.98 Å². The highest BCUT2D eigenvalue weighted by Crippen LogP contribution is 2.29. The smallest absolute Gasteiger partial charge is 0.307 e. The van der Waals surface area contributed by atoms with Crippen molar-refractivity contribution >= 4 is 51.5 Å². The highest BCUT2D eigenvalue weighted by molar-refractivity contribution is 6.44. The van der Waals surface area contributed by atoms with Crippen molar-refractivity contribution in [2.24, 2.45) is 0 Å². The molecule has 0 aliphatic rings. The molecule has 1 aromatic heterocycles. The van der Waals surface area contributed by atoms with Crippen molar-refractivity contribution in [1.29, 1.82) is 0 Å². The zero-order valence-corrected chi connectivity index (χ0v) is 12.8. The quantitative estimate of drug-likeness (QED) is 0.679. The molecule has 0 radical (unpaired) electrons. The molecule has 0 atom stereocenters. The number of carbonyl (C=O) groups excluding carboxylic acids is 1. The molecule has 22 heavy (non-hydrogen) atoms. The Hall–Kier alpha value is -2.30. The predicted octanol–water partition coefficient (Wildman–Crippen LogP) is 5.19. The number of anilines is 2. The van der Waals surface area contributed by atoms with Crippen LogP contribution in [0.25, 0.3) is 10.9 Å². The van der Waals surface area contributed by atoms with E-state index in [9.17, 15) is 4.79 Å². The molecule has 110 valence electrons. The van der Waals surface area contributed by atoms with Crippen LogP contribution < -0.4 is 10.6 Å². The van der Waals surface area contributed by atoms with Crippen LogP contribution in [0.15, 0.2) is 54.7 Å². The summed E-state index contributed by atoms with van der Waals surface area (Å²) in [5, 5.41) is 7.01. The van der Waals surface area contributed by atoms with Gasteiger partial charge in [0.2, 0.25) is 0 Å². The number of hydrogen-bond donors (Lipinski definition) is 2. The molecule has 0 saturated carbocycles. The standard InChI is InChI=1S/C16H11Cl2N3O/c17-11-5-3-7-14(15(11)18)21-16(22)20-13-8-9-19-12-6-2-1-4-10(12)13/h1-9H,(H2,19,20,21,22). The molecule has 2 N–H and O–H groups in total. The van der Waals surface area contributed by atoms with E-state index >= 15 is 0 Å². The molecule has 4 nitrogen and oxygen atoms in total. The number of nitrogens with one attached hydrogen (secondary N) is 2. The van der Waals surface area contributed by atoms with Crippen LogP contribution in [-0.2, 0) is 0 Å². The Kier molecular flexibility index (Phi) is 4.13. The third-order valence-electron chi connectivity index (χ3n) is 3.10. The molecule has 1 heterocycles. The SMILES string of the molecule is O=C(Nc1cccc(Cl)c1Cl)Nc1ccnc2ccccc12. The summed E-state index contributed by atoms with van der Waals surface area (Å²) in [5.74, 6) is 0. The Morgan fingerprint density at radius 1 is 0.909 bits per heavy atom. The van der Waals surface area contributed by atoms with Crippen molar-refractivity contribution in [3.8, 4) is 0 Å². The fourth-order valence-corrected chi connectivity index (χ4v) is 2.43. The Morgan fingerprint density at radius 3 is 2.55 bits per heavy atom. The monoisotopic (exact) mass is 331 g/mol. The zero-order valence-electron chi connectivity index (χ0n) is 11.3. The second-order valence-corrected chi connectivity index (χ2v) is 5.34. The number of halogens is 2. The fourth-order valence-electron chi connectivity index (χ4n) is 2.08. The number of carbonyl (C=O) groups is 1. The first-order chi connectivity index (χ1) is 10.6. The maximum Gasteiger partial charge on any atom is 0.323 e. The highest BCUT2D eigenvalue weighted by Gasteiger charge is 2.09. The Labute approximate surface area is 137 Å². The summed E-state index contributed by atoms with van der Waals surface area (Å²) in [6, 6.07) is 13.9. The minimum atomic E-state index is -0.402. The largest absolute Gasteiger partial charge is 0.323 e. The van der Waals surface area contributed by atoms with Crippen LogP contribution in [0.5, 0.6) is 0 Å². The minimum Gasteiger partial charge on any atom is -0.307 e. The van der Waals surface area contributed by atoms with E-state index in [0.717, 1.165) is 10.9 Å². The lowest BCUT2D eigenvalue weighted by Gasteiger charge is -2.11. The molecule has 0 aliphatic heterocycles. The van der Waals surface area contributed by atoms with Gasteiger partial charge in [0.05, 0.1) is 26.9 Å². The normalized spacial score (nSPS) is 10.5. The summed E-state index contributed by atoms with van der Waals surface area (Å²) in [5.41, 5.74) is 1.92. The summed E-state index contributed by atoms with van der Waals surface area (Å²) in [7, 11) is 0. The average Bonchev–Trinajstić information content (AvgIpc) is 2.52. The lowest BCUT2D eigenvalue weighted by atomic mass is 10.2. The Bertz CT molecular complexity index is 846. The third kappa shape index (κ3) is 2.98. The van der Waals surface area contributed by atoms with E-state index in [0.29, 0.717) is 21.4 Å². The van der Waals surface area contributed by atoms with Crippen molar-refractivity contribution in [2.75, 3.05) is 10.6 Å². The number of para-hydroxylation sites is 1. The number of rotatable bonds is 2. The van der Waals surface area contributed by atoms with E-state index in [1.54, 1.807) is 30.5 Å². The van der Waals surface area contributed by atoms with Crippen molar-refractivity contribution in [3.05, 3.63) is 64.8 Å². The summed E-state index contributed by atoms with van der Waals surface area (Å²) >= 11 is 12.0. The van der Waals surface area contributed by atoms with Gasteiger partial charge in [-0.05, 0) is 24.3 Å². The predicted molar refractivity (Wildman–Crippen MR) is 90.8 cm³/mol. The molecule has 0 fully saturated rings. The lowest BCUT2D eigenvalue weighted by Crippen LogP contribution is -2.19. The van der Waals surface area contributed by atoms with Gasteiger partial charge in [-0.3, -0.25) is 4.98 Å². The van der Waals surface area contributed by atoms with Crippen molar-refractivity contribution < 1.29 is 4.79 Å². The van der Waals surface area contributed by atoms with Crippen LogP contribution >= 0.6 is 23.2 Å². The van der Waals surface area contributed by atoms with E-state index in [4.69, 9.17) is 23.2 Å². The van der Waals surface area contributed by atoms with E-state index in [1.807, 2.05) is 24.3 Å². The molecule has 3 aromatic rings. The van der Waals surface area contributed by atoms with Gasteiger partial charge in [0.1, 0.15) is 0 Å². The van der Waals surface area contributed by atoms with E-state index in [1.165, 1.54) is 0 Å². The number of pyridine rings is 1. The topological polar surface area (TPSA) is 54.0 Å². The van der Waals surface area contributed by atoms with Gasteiger partial charge >= 0.3 is 6.03 Å². The third-order valence-corrected chi connectivity index (χ3v) is 3.92. The summed E-state index contributed by atoms with van der Waals surface area (Å²) < 4.78 is 0. The lowest BCUT2D eigenvalue weighted by molar-refractivity contribution is 0.262. The van der Waals surface area contributed by atoms with Gasteiger partial charge in [0.25, 0.3) is 0 Å². The Morgan fingerprint density at radius 2 is 1.68 bits per heavy atom. The van der Waals surface area contributed by atoms with Gasteiger partial charge in [-0.25, -0.2) is 4.79 Å². The first-order valence-corrected chi connectivity index (χ1v) is 7.26. The first kappa shape index (κ1) is 14.6. The number of nitrogens with zero attached hydrogens (tertiary/aromatic N) is 1. The van der Waals surface area contributed by atoms with Crippen LogP contribution in [0.2, 0.25) is 10.0 Å². The van der Waals surface area contributed by atoms with E-state index in [-0.39, 0.29) is 0 Å². The minimum absolute atomic E-state index is 0.305. The second kappa shape index (κ2) is 6.22. The molecule has 2 amide bonds. The van der Waals surface area contributed by atoms with Crippen molar-refractivity contribution in [3.63, 3.8) is 0 Å². The van der Waals surface area contributed by atoms with Crippen molar-refractivity contribution in [2.45, 2.75) is 0 Å². The van der Waals surface area contributed by atoms with Crippen LogP contribution in [0.1, 0.15) is 0 Å². The van der Waals surface area contributed by atoms with Gasteiger partial charge in [0.15, 0.2) is 0 Å². The molecular formula is C16H11Cl2N3O. The van der Waals surface area contributed by atoms with Crippen LogP contribution in [0, 0.1) is 0 Å². The van der Waals surface area contributed by atoms with Gasteiger partial charge < -0.3 is 10.6 Å². The molecular weight excluding hydrogens is 321 g/mol. The van der Waals surface area contributed by atoms with Crippen LogP contribution in [0.4, 0.5) is 16.2 Å².